The molecule has 0 aliphatic heterocycles. The van der Waals surface area contributed by atoms with Crippen LogP contribution >= 0.6 is 0 Å². The van der Waals surface area contributed by atoms with Crippen LogP contribution in [-0.2, 0) is 14.8 Å². The van der Waals surface area contributed by atoms with Crippen molar-refractivity contribution in [3.8, 4) is 5.75 Å². The Hall–Kier alpha value is -2.52. The lowest BCUT2D eigenvalue weighted by Crippen LogP contribution is -2.35. The van der Waals surface area contributed by atoms with Crippen LogP contribution in [0.3, 0.4) is 0 Å². The van der Waals surface area contributed by atoms with Crippen molar-refractivity contribution in [2.24, 2.45) is 0 Å². The average Bonchev–Trinajstić information content (AvgIpc) is 2.58. The Morgan fingerprint density at radius 2 is 1.76 bits per heavy atom. The molecule has 1 amide bonds. The van der Waals surface area contributed by atoms with Crippen molar-refractivity contribution in [1.29, 1.82) is 0 Å². The van der Waals surface area contributed by atoms with E-state index < -0.39 is 34.1 Å². The Labute approximate surface area is 144 Å². The number of nitrogens with one attached hydrogen (secondary N) is 1. The number of likely N-dealkylation sites (N-methyl/N-ethyl adjacent to an activating group) is 1. The monoisotopic (exact) mass is 370 g/mol. The molecular formula is C16H16F2N2O4S. The molecule has 25 heavy (non-hydrogen) atoms. The van der Waals surface area contributed by atoms with Crippen LogP contribution in [-0.4, -0.2) is 39.3 Å². The smallest absolute Gasteiger partial charge is 0.243 e. The third-order valence-electron chi connectivity index (χ3n) is 3.34. The summed E-state index contributed by atoms with van der Waals surface area (Å²) < 4.78 is 56.6. The average molecular weight is 370 g/mol. The molecule has 2 rings (SSSR count). The zero-order valence-electron chi connectivity index (χ0n) is 13.5. The summed E-state index contributed by atoms with van der Waals surface area (Å²) in [4.78, 5) is 11.9. The van der Waals surface area contributed by atoms with E-state index in [0.29, 0.717) is 5.75 Å². The number of halogens is 2. The molecule has 0 aliphatic rings. The van der Waals surface area contributed by atoms with Crippen molar-refractivity contribution in [3.05, 3.63) is 54.1 Å². The molecule has 2 aromatic carbocycles. The first-order chi connectivity index (χ1) is 11.7. The summed E-state index contributed by atoms with van der Waals surface area (Å²) in [5.74, 6) is -2.35. The van der Waals surface area contributed by atoms with Gasteiger partial charge in [0.15, 0.2) is 11.6 Å². The third kappa shape index (κ3) is 4.52. The third-order valence-corrected chi connectivity index (χ3v) is 5.15. The molecule has 0 fully saturated rings. The van der Waals surface area contributed by atoms with E-state index in [4.69, 9.17) is 4.74 Å². The molecule has 0 unspecified atom stereocenters. The fourth-order valence-corrected chi connectivity index (χ4v) is 3.12. The summed E-state index contributed by atoms with van der Waals surface area (Å²) in [5.41, 5.74) is 0.0270. The largest absolute Gasteiger partial charge is 0.497 e. The minimum Gasteiger partial charge on any atom is -0.497 e. The van der Waals surface area contributed by atoms with Gasteiger partial charge in [-0.25, -0.2) is 17.2 Å². The van der Waals surface area contributed by atoms with Gasteiger partial charge in [-0.2, -0.15) is 4.31 Å². The van der Waals surface area contributed by atoms with Crippen LogP contribution < -0.4 is 10.1 Å². The van der Waals surface area contributed by atoms with Crippen molar-refractivity contribution in [3.63, 3.8) is 0 Å². The molecule has 1 N–H and O–H groups in total. The van der Waals surface area contributed by atoms with E-state index >= 15 is 0 Å². The lowest BCUT2D eigenvalue weighted by atomic mass is 10.3. The molecule has 0 saturated heterocycles. The highest BCUT2D eigenvalue weighted by Crippen LogP contribution is 2.19. The predicted octanol–water partition coefficient (Wildman–Crippen LogP) is 2.23. The Kier molecular flexibility index (Phi) is 5.70. The number of sulfonamides is 1. The van der Waals surface area contributed by atoms with E-state index in [1.165, 1.54) is 44.5 Å². The number of hydrogen-bond donors (Lipinski definition) is 1. The van der Waals surface area contributed by atoms with E-state index in [1.807, 2.05) is 0 Å². The quantitative estimate of drug-likeness (QED) is 0.846. The predicted molar refractivity (Wildman–Crippen MR) is 87.8 cm³/mol. The number of amides is 1. The molecule has 0 heterocycles. The number of rotatable bonds is 6. The standard InChI is InChI=1S/C16H16F2N2O4S/c1-20(25(22,23)13-6-4-12(24-2)5-7-13)10-16(21)19-11-3-8-14(17)15(18)9-11/h3-9H,10H2,1-2H3,(H,19,21). The maximum absolute atomic E-state index is 13.1. The van der Waals surface area contributed by atoms with Gasteiger partial charge >= 0.3 is 0 Å². The van der Waals surface area contributed by atoms with Crippen molar-refractivity contribution >= 4 is 21.6 Å². The summed E-state index contributed by atoms with van der Waals surface area (Å²) in [6, 6.07) is 8.54. The van der Waals surface area contributed by atoms with Gasteiger partial charge in [-0.15, -0.1) is 0 Å². The Balaban J connectivity index is 2.07. The van der Waals surface area contributed by atoms with Crippen LogP contribution in [0.2, 0.25) is 0 Å². The van der Waals surface area contributed by atoms with Crippen LogP contribution in [0.25, 0.3) is 0 Å². The van der Waals surface area contributed by atoms with E-state index in [2.05, 4.69) is 5.32 Å². The van der Waals surface area contributed by atoms with Gasteiger partial charge in [-0.05, 0) is 36.4 Å². The van der Waals surface area contributed by atoms with Gasteiger partial charge in [0.2, 0.25) is 15.9 Å². The number of ether oxygens (including phenoxy) is 1. The fourth-order valence-electron chi connectivity index (χ4n) is 1.99. The van der Waals surface area contributed by atoms with E-state index in [0.717, 1.165) is 16.4 Å². The van der Waals surface area contributed by atoms with Crippen molar-refractivity contribution < 1.29 is 26.7 Å². The Morgan fingerprint density at radius 1 is 1.12 bits per heavy atom. The van der Waals surface area contributed by atoms with Crippen LogP contribution in [0.4, 0.5) is 14.5 Å². The minimum absolute atomic E-state index is 0.00331. The number of methoxy groups -OCH3 is 1. The Morgan fingerprint density at radius 3 is 2.32 bits per heavy atom. The minimum atomic E-state index is -3.88. The molecule has 0 spiro atoms. The van der Waals surface area contributed by atoms with Crippen LogP contribution in [0.15, 0.2) is 47.4 Å². The van der Waals surface area contributed by atoms with Crippen molar-refractivity contribution in [1.82, 2.24) is 4.31 Å². The van der Waals surface area contributed by atoms with Gasteiger partial charge in [-0.1, -0.05) is 0 Å². The summed E-state index contributed by atoms with van der Waals surface area (Å²) in [6.45, 7) is -0.493. The topological polar surface area (TPSA) is 75.7 Å². The lowest BCUT2D eigenvalue weighted by molar-refractivity contribution is -0.116. The van der Waals surface area contributed by atoms with Crippen LogP contribution in [0.1, 0.15) is 0 Å². The second-order valence-electron chi connectivity index (χ2n) is 5.11. The maximum atomic E-state index is 13.1. The highest BCUT2D eigenvalue weighted by Gasteiger charge is 2.23. The summed E-state index contributed by atoms with van der Waals surface area (Å²) >= 11 is 0. The number of nitrogens with zero attached hydrogens (tertiary/aromatic N) is 1. The normalized spacial score (nSPS) is 11.4. The molecule has 0 saturated carbocycles. The number of benzene rings is 2. The summed E-state index contributed by atoms with van der Waals surface area (Å²) in [6.07, 6.45) is 0. The molecule has 9 heteroatoms. The van der Waals surface area contributed by atoms with Gasteiger partial charge < -0.3 is 10.1 Å². The second-order valence-corrected chi connectivity index (χ2v) is 7.16. The Bertz CT molecular complexity index is 870. The van der Waals surface area contributed by atoms with Gasteiger partial charge in [0.25, 0.3) is 0 Å². The van der Waals surface area contributed by atoms with Crippen molar-refractivity contribution in [2.45, 2.75) is 4.90 Å². The number of carbonyl (C=O) groups excluding carboxylic acids is 1. The maximum Gasteiger partial charge on any atom is 0.243 e. The molecule has 134 valence electrons. The highest BCUT2D eigenvalue weighted by molar-refractivity contribution is 7.89. The lowest BCUT2D eigenvalue weighted by Gasteiger charge is -2.17. The SMILES string of the molecule is COc1ccc(S(=O)(=O)N(C)CC(=O)Nc2ccc(F)c(F)c2)cc1. The molecular weight excluding hydrogens is 354 g/mol. The second kappa shape index (κ2) is 7.58. The highest BCUT2D eigenvalue weighted by atomic mass is 32.2. The van der Waals surface area contributed by atoms with Crippen molar-refractivity contribution in [2.75, 3.05) is 26.0 Å². The summed E-state index contributed by atoms with van der Waals surface area (Å²) in [7, 11) is -1.19. The van der Waals surface area contributed by atoms with Gasteiger partial charge in [0.1, 0.15) is 5.75 Å². The molecule has 0 radical (unpaired) electrons. The van der Waals surface area contributed by atoms with Gasteiger partial charge in [0, 0.05) is 18.8 Å². The number of hydrogen-bond acceptors (Lipinski definition) is 4. The number of anilines is 1. The number of carbonyl (C=O) groups is 1. The first kappa shape index (κ1) is 18.8. The molecule has 2 aromatic rings. The molecule has 0 bridgehead atoms. The van der Waals surface area contributed by atoms with E-state index in [1.54, 1.807) is 0 Å². The van der Waals surface area contributed by atoms with E-state index in [9.17, 15) is 22.0 Å². The first-order valence-corrected chi connectivity index (χ1v) is 8.53. The zero-order chi connectivity index (χ0) is 18.6. The molecule has 0 atom stereocenters. The zero-order valence-corrected chi connectivity index (χ0v) is 14.3. The van der Waals surface area contributed by atoms with Crippen LogP contribution in [0, 0.1) is 11.6 Å². The molecule has 6 nitrogen and oxygen atoms in total. The fraction of sp³-hybridized carbons (Fsp3) is 0.188. The molecule has 0 aliphatic carbocycles. The van der Waals surface area contributed by atoms with E-state index in [-0.39, 0.29) is 10.6 Å². The first-order valence-electron chi connectivity index (χ1n) is 7.09. The van der Waals surface area contributed by atoms with Crippen LogP contribution in [0.5, 0.6) is 5.75 Å². The summed E-state index contributed by atoms with van der Waals surface area (Å²) in [5, 5.41) is 2.31. The van der Waals surface area contributed by atoms with Gasteiger partial charge in [0.05, 0.1) is 18.6 Å². The van der Waals surface area contributed by atoms with Gasteiger partial charge in [-0.3, -0.25) is 4.79 Å². The molecule has 0 aromatic heterocycles.